The molecule has 3 rings (SSSR count). The lowest BCUT2D eigenvalue weighted by Crippen LogP contribution is -2.17. The number of carbonyl (C=O) groups excluding carboxylic acids is 2. The number of carbonyl (C=O) groups is 2. The fraction of sp³-hybridized carbons (Fsp3) is 0.478. The zero-order valence-corrected chi connectivity index (χ0v) is 19.4. The molecule has 7 nitrogen and oxygen atoms in total. The van der Waals surface area contributed by atoms with E-state index in [9.17, 15) is 9.59 Å². The molecule has 1 N–H and O–H groups in total. The van der Waals surface area contributed by atoms with Gasteiger partial charge in [-0.2, -0.15) is 0 Å². The Morgan fingerprint density at radius 1 is 1.13 bits per heavy atom. The van der Waals surface area contributed by atoms with Crippen molar-refractivity contribution >= 4 is 28.2 Å². The highest BCUT2D eigenvalue weighted by atomic mass is 32.1. The molecule has 0 radical (unpaired) electrons. The van der Waals surface area contributed by atoms with Crippen molar-refractivity contribution in [2.75, 3.05) is 33.3 Å². The number of amides is 1. The second kappa shape index (κ2) is 10.0. The Bertz CT molecular complexity index is 942. The van der Waals surface area contributed by atoms with Crippen molar-refractivity contribution in [1.29, 1.82) is 0 Å². The molecule has 0 saturated carbocycles. The number of nitrogens with one attached hydrogen (secondary N) is 1. The number of fused-ring (bicyclic) bond motifs is 1. The van der Waals surface area contributed by atoms with E-state index < -0.39 is 0 Å². The predicted octanol–water partition coefficient (Wildman–Crippen LogP) is 4.72. The molecule has 168 valence electrons. The Hall–Kier alpha value is -2.74. The third-order valence-corrected chi connectivity index (χ3v) is 6.48. The minimum absolute atomic E-state index is 0.335. The third kappa shape index (κ3) is 4.79. The Morgan fingerprint density at radius 3 is 2.39 bits per heavy atom. The molecule has 1 amide bonds. The molecule has 0 aliphatic heterocycles. The highest BCUT2D eigenvalue weighted by Gasteiger charge is 2.29. The first-order valence-corrected chi connectivity index (χ1v) is 11.2. The quantitative estimate of drug-likeness (QED) is 0.590. The van der Waals surface area contributed by atoms with Gasteiger partial charge in [-0.05, 0) is 49.3 Å². The monoisotopic (exact) mass is 447 g/mol. The smallest absolute Gasteiger partial charge is 0.341 e. The number of ether oxygens (including phenoxy) is 4. The summed E-state index contributed by atoms with van der Waals surface area (Å²) in [5, 5.41) is 3.45. The number of hydrogen-bond acceptors (Lipinski definition) is 7. The highest BCUT2D eigenvalue weighted by Crippen LogP contribution is 2.41. The van der Waals surface area contributed by atoms with Crippen molar-refractivity contribution in [2.24, 2.45) is 5.92 Å². The number of hydrogen-bond donors (Lipinski definition) is 1. The predicted molar refractivity (Wildman–Crippen MR) is 120 cm³/mol. The first-order chi connectivity index (χ1) is 14.9. The van der Waals surface area contributed by atoms with E-state index in [1.165, 1.54) is 32.7 Å². The molecule has 1 aliphatic rings. The summed E-state index contributed by atoms with van der Waals surface area (Å²) >= 11 is 1.46. The third-order valence-electron chi connectivity index (χ3n) is 5.31. The van der Waals surface area contributed by atoms with E-state index in [0.717, 1.165) is 36.1 Å². The number of anilines is 1. The second-order valence-corrected chi connectivity index (χ2v) is 8.67. The van der Waals surface area contributed by atoms with E-state index in [4.69, 9.17) is 18.9 Å². The Kier molecular flexibility index (Phi) is 7.43. The van der Waals surface area contributed by atoms with E-state index in [-0.39, 0.29) is 11.9 Å². The maximum absolute atomic E-state index is 13.1. The van der Waals surface area contributed by atoms with Gasteiger partial charge in [0.1, 0.15) is 5.00 Å². The van der Waals surface area contributed by atoms with Crippen molar-refractivity contribution in [3.8, 4) is 17.2 Å². The van der Waals surface area contributed by atoms with Gasteiger partial charge in [-0.15, -0.1) is 11.3 Å². The molecule has 1 heterocycles. The van der Waals surface area contributed by atoms with E-state index in [0.29, 0.717) is 45.9 Å². The van der Waals surface area contributed by atoms with Gasteiger partial charge >= 0.3 is 5.97 Å². The first-order valence-electron chi connectivity index (χ1n) is 10.4. The van der Waals surface area contributed by atoms with Crippen LogP contribution in [0.3, 0.4) is 0 Å². The average Bonchev–Trinajstić information content (AvgIpc) is 3.12. The summed E-state index contributed by atoms with van der Waals surface area (Å²) in [7, 11) is 4.50. The van der Waals surface area contributed by atoms with Crippen LogP contribution in [0.5, 0.6) is 17.2 Å². The van der Waals surface area contributed by atoms with Crippen molar-refractivity contribution in [3.63, 3.8) is 0 Å². The molecular weight excluding hydrogens is 418 g/mol. The van der Waals surface area contributed by atoms with Gasteiger partial charge < -0.3 is 24.3 Å². The normalized spacial score (nSPS) is 15.1. The van der Waals surface area contributed by atoms with Crippen LogP contribution in [-0.2, 0) is 17.6 Å². The number of esters is 1. The molecule has 1 aliphatic carbocycles. The van der Waals surface area contributed by atoms with Crippen molar-refractivity contribution in [3.05, 3.63) is 33.7 Å². The van der Waals surface area contributed by atoms with Crippen molar-refractivity contribution < 1.29 is 28.5 Å². The van der Waals surface area contributed by atoms with Crippen molar-refractivity contribution in [2.45, 2.75) is 39.5 Å². The van der Waals surface area contributed by atoms with Gasteiger partial charge in [0.25, 0.3) is 5.91 Å². The fourth-order valence-corrected chi connectivity index (χ4v) is 5.10. The average molecular weight is 448 g/mol. The van der Waals surface area contributed by atoms with Gasteiger partial charge in [0, 0.05) is 10.4 Å². The number of rotatable bonds is 8. The van der Waals surface area contributed by atoms with Crippen molar-refractivity contribution in [1.82, 2.24) is 0 Å². The van der Waals surface area contributed by atoms with Gasteiger partial charge in [0.05, 0.1) is 33.5 Å². The summed E-state index contributed by atoms with van der Waals surface area (Å²) in [6.45, 7) is 4.50. The van der Waals surface area contributed by atoms with Crippen LogP contribution in [-0.4, -0.2) is 39.8 Å². The van der Waals surface area contributed by atoms with E-state index in [2.05, 4.69) is 12.2 Å². The van der Waals surface area contributed by atoms with Crippen LogP contribution in [0, 0.1) is 5.92 Å². The van der Waals surface area contributed by atoms with Crippen LogP contribution >= 0.6 is 11.3 Å². The summed E-state index contributed by atoms with van der Waals surface area (Å²) < 4.78 is 21.4. The molecule has 0 saturated heterocycles. The number of benzene rings is 1. The molecule has 1 aromatic heterocycles. The second-order valence-electron chi connectivity index (χ2n) is 7.56. The van der Waals surface area contributed by atoms with Crippen LogP contribution in [0.2, 0.25) is 0 Å². The SMILES string of the molecule is CCCOC(=O)c1c(NC(=O)c2cc(OC)c(OC)c(OC)c2)sc2c1CC[C@@H](C)C2. The minimum Gasteiger partial charge on any atom is -0.493 e. The molecule has 1 atom stereocenters. The van der Waals surface area contributed by atoms with Crippen LogP contribution in [0.4, 0.5) is 5.00 Å². The van der Waals surface area contributed by atoms with E-state index >= 15 is 0 Å². The van der Waals surface area contributed by atoms with Crippen LogP contribution in [0.15, 0.2) is 12.1 Å². The van der Waals surface area contributed by atoms with Gasteiger partial charge in [0.2, 0.25) is 5.75 Å². The first kappa shape index (κ1) is 22.9. The maximum Gasteiger partial charge on any atom is 0.341 e. The largest absolute Gasteiger partial charge is 0.493 e. The van der Waals surface area contributed by atoms with E-state index in [1.807, 2.05) is 6.92 Å². The van der Waals surface area contributed by atoms with Gasteiger partial charge in [-0.1, -0.05) is 13.8 Å². The molecule has 2 aromatic rings. The molecular formula is C23H29NO6S. The molecule has 0 unspecified atom stereocenters. The summed E-state index contributed by atoms with van der Waals surface area (Å²) in [6, 6.07) is 3.17. The molecule has 0 bridgehead atoms. The zero-order valence-electron chi connectivity index (χ0n) is 18.6. The van der Waals surface area contributed by atoms with Gasteiger partial charge in [-0.3, -0.25) is 4.79 Å². The van der Waals surface area contributed by atoms with Gasteiger partial charge in [0.15, 0.2) is 11.5 Å². The van der Waals surface area contributed by atoms with Crippen LogP contribution < -0.4 is 19.5 Å². The van der Waals surface area contributed by atoms with Crippen LogP contribution in [0.1, 0.15) is 57.8 Å². The van der Waals surface area contributed by atoms with E-state index in [1.54, 1.807) is 12.1 Å². The molecule has 0 fully saturated rings. The standard InChI is InChI=1S/C23H29NO6S/c1-6-9-30-23(26)19-15-8-7-13(2)10-18(15)31-22(19)24-21(25)14-11-16(27-3)20(29-5)17(12-14)28-4/h11-13H,6-10H2,1-5H3,(H,24,25)/t13-/m1/s1. The zero-order chi connectivity index (χ0) is 22.5. The lowest BCUT2D eigenvalue weighted by atomic mass is 9.88. The Morgan fingerprint density at radius 2 is 1.81 bits per heavy atom. The minimum atomic E-state index is -0.380. The number of thiophene rings is 1. The summed E-state index contributed by atoms with van der Waals surface area (Å²) in [4.78, 5) is 27.1. The lowest BCUT2D eigenvalue weighted by Gasteiger charge is -2.18. The Labute approximate surface area is 186 Å². The molecule has 8 heteroatoms. The molecule has 31 heavy (non-hydrogen) atoms. The summed E-state index contributed by atoms with van der Waals surface area (Å²) in [6.07, 6.45) is 3.46. The van der Waals surface area contributed by atoms with Crippen LogP contribution in [0.25, 0.3) is 0 Å². The van der Waals surface area contributed by atoms with Gasteiger partial charge in [-0.25, -0.2) is 4.79 Å². The summed E-state index contributed by atoms with van der Waals surface area (Å²) in [5.74, 6) is 0.975. The topological polar surface area (TPSA) is 83.1 Å². The fourth-order valence-electron chi connectivity index (χ4n) is 3.71. The summed E-state index contributed by atoms with van der Waals surface area (Å²) in [5.41, 5.74) is 1.83. The molecule has 0 spiro atoms. The number of methoxy groups -OCH3 is 3. The molecule has 1 aromatic carbocycles. The lowest BCUT2D eigenvalue weighted by molar-refractivity contribution is 0.0505. The maximum atomic E-state index is 13.1. The highest BCUT2D eigenvalue weighted by molar-refractivity contribution is 7.17. The Balaban J connectivity index is 1.96.